The summed E-state index contributed by atoms with van der Waals surface area (Å²) in [4.78, 5) is 11.7. The highest BCUT2D eigenvalue weighted by Gasteiger charge is 2.44. The van der Waals surface area contributed by atoms with Crippen molar-refractivity contribution in [2.24, 2.45) is 11.3 Å². The van der Waals surface area contributed by atoms with Gasteiger partial charge < -0.3 is 10.2 Å². The van der Waals surface area contributed by atoms with Crippen molar-refractivity contribution < 1.29 is 10.2 Å². The highest BCUT2D eigenvalue weighted by Crippen LogP contribution is 2.42. The van der Waals surface area contributed by atoms with Crippen LogP contribution < -0.4 is 4.87 Å². The Labute approximate surface area is 125 Å². The molecule has 1 fully saturated rings. The zero-order chi connectivity index (χ0) is 15.1. The van der Waals surface area contributed by atoms with E-state index >= 15 is 0 Å². The number of aliphatic hydroxyl groups is 1. The Balaban J connectivity index is 2.46. The molecule has 1 aliphatic heterocycles. The highest BCUT2D eigenvalue weighted by atomic mass is 32.1. The fourth-order valence-corrected chi connectivity index (χ4v) is 4.30. The van der Waals surface area contributed by atoms with Crippen LogP contribution in [0, 0.1) is 11.3 Å². The smallest absolute Gasteiger partial charge is 0.310 e. The Morgan fingerprint density at radius 3 is 2.65 bits per heavy atom. The zero-order valence-electron chi connectivity index (χ0n) is 12.1. The topological polar surface area (TPSA) is 65.7 Å². The summed E-state index contributed by atoms with van der Waals surface area (Å²) in [5, 5.41) is 22.2. The van der Waals surface area contributed by atoms with E-state index in [9.17, 15) is 15.0 Å². The van der Waals surface area contributed by atoms with Gasteiger partial charge in [-0.1, -0.05) is 47.9 Å². The monoisotopic (exact) mass is 318 g/mol. The van der Waals surface area contributed by atoms with Crippen LogP contribution >= 0.6 is 20.7 Å². The first-order chi connectivity index (χ1) is 9.28. The summed E-state index contributed by atoms with van der Waals surface area (Å²) in [5.74, 6) is 0.268. The van der Waals surface area contributed by atoms with E-state index in [0.717, 1.165) is 24.3 Å². The number of aromatic hydroxyl groups is 1. The molecule has 1 aliphatic rings. The van der Waals surface area contributed by atoms with Crippen molar-refractivity contribution in [3.05, 3.63) is 15.0 Å². The predicted octanol–water partition coefficient (Wildman–Crippen LogP) is 1.68. The third-order valence-electron chi connectivity index (χ3n) is 4.59. The minimum atomic E-state index is -0.684. The van der Waals surface area contributed by atoms with Crippen molar-refractivity contribution in [1.82, 2.24) is 9.24 Å². The first-order valence-corrected chi connectivity index (χ1v) is 8.25. The lowest BCUT2D eigenvalue weighted by atomic mass is 9.72. The number of nitrogens with zero attached hydrogens (tertiary/aromatic N) is 2. The summed E-state index contributed by atoms with van der Waals surface area (Å²) in [5.41, 5.74) is -0.321. The molecule has 0 bridgehead atoms. The molecule has 7 heteroatoms. The Bertz CT molecular complexity index is 528. The van der Waals surface area contributed by atoms with Gasteiger partial charge in [0.2, 0.25) is 5.88 Å². The lowest BCUT2D eigenvalue weighted by Gasteiger charge is -2.38. The summed E-state index contributed by atoms with van der Waals surface area (Å²) in [7, 11) is 2.67. The largest absolute Gasteiger partial charge is 0.494 e. The van der Waals surface area contributed by atoms with Crippen LogP contribution in [0.2, 0.25) is 0 Å². The van der Waals surface area contributed by atoms with Gasteiger partial charge in [-0.3, -0.25) is 14.0 Å². The van der Waals surface area contributed by atoms with Crippen molar-refractivity contribution in [1.29, 1.82) is 0 Å². The maximum atomic E-state index is 12.0. The number of aromatic nitrogens is 1. The minimum Gasteiger partial charge on any atom is -0.494 e. The number of thiazole rings is 1. The van der Waals surface area contributed by atoms with Gasteiger partial charge in [-0.15, -0.1) is 0 Å². The summed E-state index contributed by atoms with van der Waals surface area (Å²) in [6, 6.07) is -0.433. The molecule has 2 N–H and O–H groups in total. The molecule has 0 spiro atoms. The van der Waals surface area contributed by atoms with Gasteiger partial charge in [-0.2, -0.15) is 0 Å². The molecule has 4 unspecified atom stereocenters. The van der Waals surface area contributed by atoms with Gasteiger partial charge in [0.25, 0.3) is 0 Å². The van der Waals surface area contributed by atoms with E-state index in [1.54, 1.807) is 0 Å². The standard InChI is InChI=1S/C13H23N2O3PS/c1-4-8-5-14(19)6-9(11(17)13(8,2)3)15-10(16)7-20-12(15)18/h7-9,11,16-17H,4-6,19H2,1-3H3. The lowest BCUT2D eigenvalue weighted by molar-refractivity contribution is -0.0176. The molecule has 1 aromatic heterocycles. The van der Waals surface area contributed by atoms with Gasteiger partial charge in [0.05, 0.1) is 17.5 Å². The Kier molecular flexibility index (Phi) is 4.59. The Morgan fingerprint density at radius 1 is 1.50 bits per heavy atom. The summed E-state index contributed by atoms with van der Waals surface area (Å²) >= 11 is 0.962. The maximum absolute atomic E-state index is 12.0. The van der Waals surface area contributed by atoms with E-state index in [4.69, 9.17) is 0 Å². The Hall–Kier alpha value is -0.420. The number of aliphatic hydroxyl groups excluding tert-OH is 1. The third-order valence-corrected chi connectivity index (χ3v) is 5.74. The Morgan fingerprint density at radius 2 is 2.15 bits per heavy atom. The van der Waals surface area contributed by atoms with E-state index in [1.807, 2.05) is 13.8 Å². The van der Waals surface area contributed by atoms with Crippen molar-refractivity contribution in [2.75, 3.05) is 13.1 Å². The van der Waals surface area contributed by atoms with Gasteiger partial charge in [0, 0.05) is 13.1 Å². The lowest BCUT2D eigenvalue weighted by Crippen LogP contribution is -2.43. The fourth-order valence-electron chi connectivity index (χ4n) is 3.16. The summed E-state index contributed by atoms with van der Waals surface area (Å²) in [6.45, 7) is 7.57. The normalized spacial score (nSPS) is 31.1. The van der Waals surface area contributed by atoms with E-state index in [2.05, 4.69) is 21.0 Å². The van der Waals surface area contributed by atoms with Gasteiger partial charge >= 0.3 is 4.87 Å². The average molecular weight is 318 g/mol. The van der Waals surface area contributed by atoms with Crippen LogP contribution in [0.3, 0.4) is 0 Å². The molecular formula is C13H23N2O3PS. The van der Waals surface area contributed by atoms with Crippen molar-refractivity contribution in [3.63, 3.8) is 0 Å². The molecule has 0 amide bonds. The maximum Gasteiger partial charge on any atom is 0.310 e. The van der Waals surface area contributed by atoms with E-state index in [0.29, 0.717) is 12.5 Å². The predicted molar refractivity (Wildman–Crippen MR) is 84.1 cm³/mol. The van der Waals surface area contributed by atoms with Gasteiger partial charge in [0.1, 0.15) is 0 Å². The second kappa shape index (κ2) is 5.76. The van der Waals surface area contributed by atoms with Crippen molar-refractivity contribution >= 4 is 20.7 Å². The molecule has 4 atom stereocenters. The SMILES string of the molecule is CCC1CN(P)CC(n2c(O)csc2=O)C(O)C1(C)C. The molecule has 0 aromatic carbocycles. The van der Waals surface area contributed by atoms with Crippen LogP contribution in [0.15, 0.2) is 10.2 Å². The van der Waals surface area contributed by atoms with Crippen molar-refractivity contribution in [3.8, 4) is 5.88 Å². The van der Waals surface area contributed by atoms with Gasteiger partial charge in [-0.05, 0) is 11.3 Å². The zero-order valence-corrected chi connectivity index (χ0v) is 14.1. The molecule has 114 valence electrons. The molecule has 1 aromatic rings. The summed E-state index contributed by atoms with van der Waals surface area (Å²) < 4.78 is 3.38. The molecule has 2 rings (SSSR count). The van der Waals surface area contributed by atoms with Crippen LogP contribution in [0.5, 0.6) is 5.88 Å². The molecule has 0 radical (unpaired) electrons. The highest BCUT2D eigenvalue weighted by molar-refractivity contribution is 7.13. The first kappa shape index (κ1) is 16.0. The van der Waals surface area contributed by atoms with E-state index in [-0.39, 0.29) is 16.2 Å². The van der Waals surface area contributed by atoms with Crippen LogP contribution in [0.25, 0.3) is 0 Å². The molecule has 20 heavy (non-hydrogen) atoms. The molecule has 1 saturated heterocycles. The molecule has 0 aliphatic carbocycles. The summed E-state index contributed by atoms with van der Waals surface area (Å²) in [6.07, 6.45) is 0.280. The van der Waals surface area contributed by atoms with Gasteiger partial charge in [0.15, 0.2) is 0 Å². The second-order valence-corrected chi connectivity index (χ2v) is 7.67. The minimum absolute atomic E-state index is 0.0619. The molecule has 2 heterocycles. The average Bonchev–Trinajstić information content (AvgIpc) is 2.68. The quantitative estimate of drug-likeness (QED) is 0.814. The van der Waals surface area contributed by atoms with Gasteiger partial charge in [-0.25, -0.2) is 0 Å². The molecular weight excluding hydrogens is 295 g/mol. The van der Waals surface area contributed by atoms with Crippen LogP contribution in [0.1, 0.15) is 33.2 Å². The fraction of sp³-hybridized carbons (Fsp3) is 0.769. The number of hydrogen-bond acceptors (Lipinski definition) is 5. The van der Waals surface area contributed by atoms with Crippen LogP contribution in [-0.4, -0.2) is 38.6 Å². The molecule has 5 nitrogen and oxygen atoms in total. The number of hydrogen-bond donors (Lipinski definition) is 2. The van der Waals surface area contributed by atoms with E-state index < -0.39 is 12.1 Å². The van der Waals surface area contributed by atoms with Crippen LogP contribution in [0.4, 0.5) is 0 Å². The van der Waals surface area contributed by atoms with Crippen molar-refractivity contribution in [2.45, 2.75) is 39.3 Å². The molecule has 0 saturated carbocycles. The van der Waals surface area contributed by atoms with E-state index in [1.165, 1.54) is 9.95 Å². The second-order valence-electron chi connectivity index (χ2n) is 6.12. The third kappa shape index (κ3) is 2.67. The van der Waals surface area contributed by atoms with Crippen LogP contribution in [-0.2, 0) is 0 Å². The number of rotatable bonds is 2. The first-order valence-electron chi connectivity index (χ1n) is 6.85.